The Labute approximate surface area is 470 Å². The molecule has 0 saturated carbocycles. The minimum absolute atomic E-state index is 0.0389. The van der Waals surface area contributed by atoms with Gasteiger partial charge >= 0.3 is 5.97 Å². The molecule has 24 heteroatoms. The van der Waals surface area contributed by atoms with Gasteiger partial charge < -0.3 is 49.6 Å². The van der Waals surface area contributed by atoms with Gasteiger partial charge in [0.15, 0.2) is 0 Å². The van der Waals surface area contributed by atoms with Crippen molar-refractivity contribution in [1.29, 1.82) is 0 Å². The second-order valence-corrected chi connectivity index (χ2v) is 20.8. The minimum Gasteiger partial charge on any atom is -0.480 e. The predicted octanol–water partition coefficient (Wildman–Crippen LogP) is 5.57. The van der Waals surface area contributed by atoms with Gasteiger partial charge in [0.05, 0.1) is 54.0 Å². The summed E-state index contributed by atoms with van der Waals surface area (Å²) in [6, 6.07) is -2.08. The maximum absolute atomic E-state index is 13.0. The maximum atomic E-state index is 13.0. The van der Waals surface area contributed by atoms with Gasteiger partial charge in [-0.25, -0.2) is 4.79 Å². The van der Waals surface area contributed by atoms with E-state index in [0.29, 0.717) is 43.2 Å². The van der Waals surface area contributed by atoms with E-state index in [2.05, 4.69) is 79.1 Å². The monoisotopic (exact) mass is 1130 g/mol. The fourth-order valence-electron chi connectivity index (χ4n) is 7.50. The molecule has 77 heavy (non-hydrogen) atoms. The zero-order valence-electron chi connectivity index (χ0n) is 50.3. The number of carbonyl (C=O) groups is 8. The van der Waals surface area contributed by atoms with Crippen molar-refractivity contribution in [2.24, 2.45) is 16.8 Å². The number of carboxylic acid groups (broad SMARTS) is 1. The van der Waals surface area contributed by atoms with E-state index in [4.69, 9.17) is 9.47 Å². The molecule has 0 spiro atoms. The molecule has 1 aromatic rings. The highest BCUT2D eigenvalue weighted by Crippen LogP contribution is 2.26. The number of carboxylic acids is 1. The number of ether oxygens (including phenoxy) is 2. The van der Waals surface area contributed by atoms with Crippen LogP contribution in [-0.2, 0) is 60.9 Å². The summed E-state index contributed by atoms with van der Waals surface area (Å²) in [7, 11) is 10.5. The smallest absolute Gasteiger partial charge is 0.327 e. The molecule has 8 unspecified atom stereocenters. The highest BCUT2D eigenvalue weighted by Gasteiger charge is 2.38. The lowest BCUT2D eigenvalue weighted by molar-refractivity contribution is -0.140. The second-order valence-electron chi connectivity index (χ2n) is 18.7. The van der Waals surface area contributed by atoms with E-state index in [0.717, 1.165) is 49.7 Å². The molecule has 1 saturated heterocycles. The number of hydrogen-bond donors (Lipinski definition) is 4. The first-order chi connectivity index (χ1) is 36.4. The van der Waals surface area contributed by atoms with Gasteiger partial charge in [0, 0.05) is 80.4 Å². The van der Waals surface area contributed by atoms with E-state index in [1.54, 1.807) is 43.8 Å². The normalized spacial score (nSPS) is 15.8. The summed E-state index contributed by atoms with van der Waals surface area (Å²) in [5.41, 5.74) is 0.504. The van der Waals surface area contributed by atoms with Crippen LogP contribution in [0.4, 0.5) is 0 Å². The number of rotatable bonds is 30. The molecule has 4 N–H and O–H groups in total. The lowest BCUT2D eigenvalue weighted by atomic mass is 9.91. The number of nitrogens with one attached hydrogen (secondary N) is 3. The third kappa shape index (κ3) is 30.8. The van der Waals surface area contributed by atoms with E-state index >= 15 is 0 Å². The SMILES string of the molecule is CC.CCC.CCC.CCC(C)C(C(CC)OC)N(C)C(=O)CN=C(C)N(C)C.COC(C(C)C(=O)N[C@@H](C)C(=O)NSCCCn1cc(CN(C)C(=O)C(CC=O)SCC(NC(C)=O)C(=O)O)nn1)C1CCCN1C=O. The van der Waals surface area contributed by atoms with Crippen LogP contribution < -0.4 is 15.4 Å². The number of methoxy groups -OCH3 is 2. The van der Waals surface area contributed by atoms with E-state index < -0.39 is 47.1 Å². The molecular formula is C53H101N11O11S2. The number of amidine groups is 1. The molecule has 1 aliphatic heterocycles. The topological polar surface area (TPSA) is 267 Å². The van der Waals surface area contributed by atoms with Crippen molar-refractivity contribution >= 4 is 77.7 Å². The van der Waals surface area contributed by atoms with E-state index in [9.17, 15) is 43.5 Å². The number of hydrogen-bond acceptors (Lipinski definition) is 15. The zero-order valence-corrected chi connectivity index (χ0v) is 51.9. The van der Waals surface area contributed by atoms with E-state index in [-0.39, 0.29) is 61.2 Å². The van der Waals surface area contributed by atoms with Crippen LogP contribution >= 0.6 is 23.7 Å². The van der Waals surface area contributed by atoms with Crippen molar-refractivity contribution in [3.05, 3.63) is 11.9 Å². The molecular weight excluding hydrogens is 1030 g/mol. The first-order valence-electron chi connectivity index (χ1n) is 27.1. The molecule has 2 rings (SSSR count). The Morgan fingerprint density at radius 3 is 2.03 bits per heavy atom. The predicted molar refractivity (Wildman–Crippen MR) is 309 cm³/mol. The summed E-state index contributed by atoms with van der Waals surface area (Å²) in [5, 5.41) is 21.7. The van der Waals surface area contributed by atoms with Crippen molar-refractivity contribution in [1.82, 2.24) is 49.9 Å². The molecule has 2 heterocycles. The summed E-state index contributed by atoms with van der Waals surface area (Å²) < 4.78 is 15.5. The number of likely N-dealkylation sites (N-methyl/N-ethyl adjacent to an activating group) is 1. The van der Waals surface area contributed by atoms with Crippen molar-refractivity contribution in [3.8, 4) is 0 Å². The molecule has 0 aliphatic carbocycles. The Kier molecular flexibility index (Phi) is 44.8. The van der Waals surface area contributed by atoms with Gasteiger partial charge in [-0.3, -0.25) is 43.2 Å². The zero-order chi connectivity index (χ0) is 59.8. The summed E-state index contributed by atoms with van der Waals surface area (Å²) in [6.07, 6.45) is 9.12. The summed E-state index contributed by atoms with van der Waals surface area (Å²) in [5.74, 6) is -1.68. The molecule has 446 valence electrons. The van der Waals surface area contributed by atoms with Crippen LogP contribution in [0.5, 0.6) is 0 Å². The average Bonchev–Trinajstić information content (AvgIpc) is 4.07. The van der Waals surface area contributed by atoms with Crippen molar-refractivity contribution < 1.29 is 52.9 Å². The third-order valence-electron chi connectivity index (χ3n) is 11.9. The molecule has 0 aromatic carbocycles. The number of likely N-dealkylation sites (tertiary alicyclic amines) is 1. The Morgan fingerprint density at radius 1 is 0.922 bits per heavy atom. The fraction of sp³-hybridized carbons (Fsp3) is 0.792. The van der Waals surface area contributed by atoms with Gasteiger partial charge in [-0.15, -0.1) is 16.9 Å². The highest BCUT2D eigenvalue weighted by atomic mass is 32.2. The first kappa shape index (κ1) is 76.4. The van der Waals surface area contributed by atoms with Gasteiger partial charge in [-0.2, -0.15) is 0 Å². The fourth-order valence-corrected chi connectivity index (χ4v) is 9.38. The van der Waals surface area contributed by atoms with Gasteiger partial charge in [0.2, 0.25) is 30.0 Å². The standard InChI is InChI=1S/C29H46N8O9S2.C16H33N3O2.2C3H8.C2H6/c1-18(25(46-5)23-8-6-10-36(23)17-39)26(41)30-19(2)27(42)33-48-13-7-11-37-15-21(32-34-37)14-35(4)28(43)24(9-12-38)47-16-22(29(44)45)31-20(3)40;1-9-12(3)16(14(10-2)21-8)19(7)15(20)11-17-13(4)18(5)6;2*1-3-2;1-2/h12,15,17-19,22-25H,6-11,13-14,16H2,1-5H3,(H,30,41)(H,31,40)(H,33,42)(H,44,45);12,14,16H,9-11H2,1-8H3;2*3H2,1-2H3;1-2H3/t18?,19-,22?,23?,24?,25?;;;;/m0..../s1. The summed E-state index contributed by atoms with van der Waals surface area (Å²) in [4.78, 5) is 107. The molecule has 0 radical (unpaired) electrons. The van der Waals surface area contributed by atoms with Crippen molar-refractivity contribution in [2.75, 3.05) is 67.0 Å². The number of aryl methyl sites for hydroxylation is 1. The van der Waals surface area contributed by atoms with Crippen molar-refractivity contribution in [3.63, 3.8) is 0 Å². The van der Waals surface area contributed by atoms with Crippen LogP contribution in [0.2, 0.25) is 0 Å². The molecule has 9 atom stereocenters. The summed E-state index contributed by atoms with van der Waals surface area (Å²) >= 11 is 2.17. The molecule has 0 bridgehead atoms. The minimum atomic E-state index is -1.24. The van der Waals surface area contributed by atoms with Gasteiger partial charge in [-0.1, -0.05) is 106 Å². The number of thioether (sulfide) groups is 1. The Morgan fingerprint density at radius 2 is 1.53 bits per heavy atom. The molecule has 22 nitrogen and oxygen atoms in total. The number of nitrogens with zero attached hydrogens (tertiary/aromatic N) is 8. The second kappa shape index (κ2) is 45.1. The summed E-state index contributed by atoms with van der Waals surface area (Å²) in [6.45, 7) is 26.7. The van der Waals surface area contributed by atoms with Gasteiger partial charge in [0.1, 0.15) is 30.6 Å². The Hall–Kier alpha value is -4.81. The molecule has 1 fully saturated rings. The van der Waals surface area contributed by atoms with Crippen LogP contribution in [0, 0.1) is 11.8 Å². The maximum Gasteiger partial charge on any atom is 0.327 e. The lowest BCUT2D eigenvalue weighted by Crippen LogP contribution is -2.51. The van der Waals surface area contributed by atoms with Gasteiger partial charge in [-0.05, 0) is 45.4 Å². The van der Waals surface area contributed by atoms with Crippen LogP contribution in [0.1, 0.15) is 147 Å². The molecule has 1 aromatic heterocycles. The average molecular weight is 1130 g/mol. The number of aldehydes is 1. The largest absolute Gasteiger partial charge is 0.480 e. The lowest BCUT2D eigenvalue weighted by Gasteiger charge is -2.37. The third-order valence-corrected chi connectivity index (χ3v) is 14.1. The molecule has 6 amide bonds. The van der Waals surface area contributed by atoms with E-state index in [1.165, 1.54) is 43.7 Å². The number of aliphatic imine (C=N–C) groups is 1. The van der Waals surface area contributed by atoms with E-state index in [1.807, 2.05) is 51.7 Å². The Balaban J connectivity index is -0.00000156. The van der Waals surface area contributed by atoms with Crippen LogP contribution in [0.25, 0.3) is 0 Å². The number of carbonyl (C=O) groups excluding carboxylic acids is 7. The quantitative estimate of drug-likeness (QED) is 0.0241. The van der Waals surface area contributed by atoms with Gasteiger partial charge in [0.25, 0.3) is 5.91 Å². The first-order valence-corrected chi connectivity index (χ1v) is 29.1. The Bertz CT molecular complexity index is 1860. The number of aliphatic carboxylic acids is 1. The van der Waals surface area contributed by atoms with Crippen LogP contribution in [-0.4, -0.2) is 202 Å². The number of amides is 6. The molecule has 1 aliphatic rings. The highest BCUT2D eigenvalue weighted by molar-refractivity contribution is 8.00. The van der Waals surface area contributed by atoms with Crippen LogP contribution in [0.15, 0.2) is 11.2 Å². The van der Waals surface area contributed by atoms with Crippen molar-refractivity contribution in [2.45, 2.75) is 196 Å². The number of aromatic nitrogens is 3. The van der Waals surface area contributed by atoms with Crippen LogP contribution in [0.3, 0.4) is 0 Å².